The minimum absolute atomic E-state index is 0.346. The van der Waals surface area contributed by atoms with Gasteiger partial charge in [-0.3, -0.25) is 0 Å². The van der Waals surface area contributed by atoms with E-state index in [2.05, 4.69) is 14.9 Å². The lowest BCUT2D eigenvalue weighted by atomic mass is 10.2. The number of nitrogens with zero attached hydrogens (tertiary/aromatic N) is 2. The highest BCUT2D eigenvalue weighted by Crippen LogP contribution is 2.20. The second-order valence-electron chi connectivity index (χ2n) is 3.46. The van der Waals surface area contributed by atoms with Crippen LogP contribution in [0.25, 0.3) is 0 Å². The molecule has 0 saturated heterocycles. The molecule has 6 heteroatoms. The van der Waals surface area contributed by atoms with E-state index in [1.54, 1.807) is 0 Å². The van der Waals surface area contributed by atoms with Crippen LogP contribution in [0, 0.1) is 0 Å². The van der Waals surface area contributed by atoms with Gasteiger partial charge in [0.2, 0.25) is 0 Å². The molecule has 1 aromatic heterocycles. The van der Waals surface area contributed by atoms with Crippen LogP contribution in [-0.4, -0.2) is 16.6 Å². The standard InChI is InChI=1S/C11H12ClN3OS/c1-13-6-8-3-2-4-9(5-8)16-7-10-11(12)17-15-14-10/h2-5,13H,6-7H2,1H3. The van der Waals surface area contributed by atoms with E-state index in [0.29, 0.717) is 16.6 Å². The van der Waals surface area contributed by atoms with Gasteiger partial charge in [-0.15, -0.1) is 5.10 Å². The number of ether oxygens (including phenoxy) is 1. The zero-order valence-electron chi connectivity index (χ0n) is 9.31. The van der Waals surface area contributed by atoms with Gasteiger partial charge in [0.25, 0.3) is 0 Å². The van der Waals surface area contributed by atoms with Crippen LogP contribution in [0.3, 0.4) is 0 Å². The van der Waals surface area contributed by atoms with Crippen molar-refractivity contribution in [2.45, 2.75) is 13.2 Å². The van der Waals surface area contributed by atoms with Gasteiger partial charge in [0.05, 0.1) is 0 Å². The third-order valence-corrected chi connectivity index (χ3v) is 3.15. The van der Waals surface area contributed by atoms with Gasteiger partial charge in [-0.1, -0.05) is 28.2 Å². The molecule has 0 radical (unpaired) electrons. The minimum Gasteiger partial charge on any atom is -0.487 e. The summed E-state index contributed by atoms with van der Waals surface area (Å²) in [4.78, 5) is 0. The Balaban J connectivity index is 1.99. The Bertz CT molecular complexity index is 489. The van der Waals surface area contributed by atoms with Gasteiger partial charge < -0.3 is 10.1 Å². The molecule has 0 bridgehead atoms. The number of hydrogen-bond acceptors (Lipinski definition) is 5. The van der Waals surface area contributed by atoms with E-state index in [-0.39, 0.29) is 0 Å². The fraction of sp³-hybridized carbons (Fsp3) is 0.273. The number of aromatic nitrogens is 2. The summed E-state index contributed by atoms with van der Waals surface area (Å²) in [6.45, 7) is 1.16. The lowest BCUT2D eigenvalue weighted by molar-refractivity contribution is 0.301. The molecule has 0 spiro atoms. The van der Waals surface area contributed by atoms with Crippen LogP contribution < -0.4 is 10.1 Å². The van der Waals surface area contributed by atoms with Crippen LogP contribution in [0.5, 0.6) is 5.75 Å². The maximum Gasteiger partial charge on any atom is 0.141 e. The van der Waals surface area contributed by atoms with Crippen LogP contribution in [0.15, 0.2) is 24.3 Å². The van der Waals surface area contributed by atoms with Gasteiger partial charge in [-0.05, 0) is 24.7 Å². The van der Waals surface area contributed by atoms with Gasteiger partial charge in [0, 0.05) is 18.1 Å². The number of benzene rings is 1. The zero-order chi connectivity index (χ0) is 12.1. The Labute approximate surface area is 109 Å². The first-order valence-electron chi connectivity index (χ1n) is 5.12. The molecular formula is C11H12ClN3OS. The molecule has 1 heterocycles. The zero-order valence-corrected chi connectivity index (χ0v) is 10.9. The Morgan fingerprint density at radius 1 is 1.47 bits per heavy atom. The van der Waals surface area contributed by atoms with Crippen molar-refractivity contribution in [3.63, 3.8) is 0 Å². The van der Waals surface area contributed by atoms with Crippen molar-refractivity contribution < 1.29 is 4.74 Å². The smallest absolute Gasteiger partial charge is 0.141 e. The molecule has 0 amide bonds. The average Bonchev–Trinajstić information content (AvgIpc) is 2.73. The van der Waals surface area contributed by atoms with Gasteiger partial charge in [-0.2, -0.15) is 0 Å². The lowest BCUT2D eigenvalue weighted by Gasteiger charge is -2.06. The van der Waals surface area contributed by atoms with E-state index in [0.717, 1.165) is 12.3 Å². The molecule has 2 rings (SSSR count). The monoisotopic (exact) mass is 269 g/mol. The number of rotatable bonds is 5. The summed E-state index contributed by atoms with van der Waals surface area (Å²) in [5.41, 5.74) is 1.85. The van der Waals surface area contributed by atoms with Crippen LogP contribution in [0.4, 0.5) is 0 Å². The minimum atomic E-state index is 0.346. The number of nitrogens with one attached hydrogen (secondary N) is 1. The Morgan fingerprint density at radius 2 is 2.35 bits per heavy atom. The second kappa shape index (κ2) is 5.95. The Morgan fingerprint density at radius 3 is 3.06 bits per heavy atom. The molecular weight excluding hydrogens is 258 g/mol. The molecule has 0 unspecified atom stereocenters. The molecule has 4 nitrogen and oxygen atoms in total. The van der Waals surface area contributed by atoms with Crippen molar-refractivity contribution in [1.29, 1.82) is 0 Å². The Kier molecular flexibility index (Phi) is 4.30. The predicted octanol–water partition coefficient (Wildman–Crippen LogP) is 2.49. The summed E-state index contributed by atoms with van der Waals surface area (Å²) in [5, 5.41) is 6.98. The van der Waals surface area contributed by atoms with Crippen molar-refractivity contribution in [3.05, 3.63) is 39.9 Å². The predicted molar refractivity (Wildman–Crippen MR) is 68.5 cm³/mol. The average molecular weight is 270 g/mol. The van der Waals surface area contributed by atoms with E-state index in [4.69, 9.17) is 16.3 Å². The summed E-state index contributed by atoms with van der Waals surface area (Å²) in [6, 6.07) is 7.90. The molecule has 0 aliphatic heterocycles. The highest BCUT2D eigenvalue weighted by molar-refractivity contribution is 7.10. The largest absolute Gasteiger partial charge is 0.487 e. The number of hydrogen-bond donors (Lipinski definition) is 1. The van der Waals surface area contributed by atoms with E-state index in [1.807, 2.05) is 31.3 Å². The number of halogens is 1. The summed E-state index contributed by atoms with van der Waals surface area (Å²) in [5.74, 6) is 0.807. The van der Waals surface area contributed by atoms with Crippen LogP contribution in [0.2, 0.25) is 4.34 Å². The summed E-state index contributed by atoms with van der Waals surface area (Å²) in [6.07, 6.45) is 0. The Hall–Kier alpha value is -1.17. The first-order valence-corrected chi connectivity index (χ1v) is 6.28. The summed E-state index contributed by atoms with van der Waals surface area (Å²) in [7, 11) is 1.91. The van der Waals surface area contributed by atoms with Crippen molar-refractivity contribution in [3.8, 4) is 5.75 Å². The maximum atomic E-state index is 5.89. The molecule has 0 aliphatic carbocycles. The van der Waals surface area contributed by atoms with Crippen molar-refractivity contribution in [1.82, 2.24) is 14.9 Å². The van der Waals surface area contributed by atoms with E-state index < -0.39 is 0 Å². The van der Waals surface area contributed by atoms with E-state index in [1.165, 1.54) is 17.1 Å². The fourth-order valence-corrected chi connectivity index (χ4v) is 1.99. The summed E-state index contributed by atoms with van der Waals surface area (Å²) < 4.78 is 9.94. The van der Waals surface area contributed by atoms with Gasteiger partial charge in [0.1, 0.15) is 22.4 Å². The van der Waals surface area contributed by atoms with E-state index >= 15 is 0 Å². The quantitative estimate of drug-likeness (QED) is 0.906. The second-order valence-corrected chi connectivity index (χ2v) is 4.82. The lowest BCUT2D eigenvalue weighted by Crippen LogP contribution is -2.05. The van der Waals surface area contributed by atoms with Crippen molar-refractivity contribution >= 4 is 23.1 Å². The maximum absolute atomic E-state index is 5.89. The van der Waals surface area contributed by atoms with Crippen LogP contribution in [0.1, 0.15) is 11.3 Å². The van der Waals surface area contributed by atoms with E-state index in [9.17, 15) is 0 Å². The normalized spacial score (nSPS) is 10.5. The fourth-order valence-electron chi connectivity index (χ4n) is 1.38. The topological polar surface area (TPSA) is 47.0 Å². The molecule has 90 valence electrons. The molecule has 0 fully saturated rings. The highest BCUT2D eigenvalue weighted by atomic mass is 35.5. The van der Waals surface area contributed by atoms with Gasteiger partial charge in [0.15, 0.2) is 0 Å². The third-order valence-electron chi connectivity index (χ3n) is 2.16. The molecule has 0 saturated carbocycles. The summed E-state index contributed by atoms with van der Waals surface area (Å²) >= 11 is 7.06. The SMILES string of the molecule is CNCc1cccc(OCc2nnsc2Cl)c1. The molecule has 0 aliphatic rings. The highest BCUT2D eigenvalue weighted by Gasteiger charge is 2.06. The molecule has 0 atom stereocenters. The van der Waals surface area contributed by atoms with Crippen molar-refractivity contribution in [2.24, 2.45) is 0 Å². The molecule has 1 N–H and O–H groups in total. The molecule has 2 aromatic rings. The van der Waals surface area contributed by atoms with Crippen LogP contribution in [-0.2, 0) is 13.2 Å². The van der Waals surface area contributed by atoms with Gasteiger partial charge >= 0.3 is 0 Å². The first-order chi connectivity index (χ1) is 8.29. The van der Waals surface area contributed by atoms with Crippen molar-refractivity contribution in [2.75, 3.05) is 7.05 Å². The molecule has 17 heavy (non-hydrogen) atoms. The van der Waals surface area contributed by atoms with Gasteiger partial charge in [-0.25, -0.2) is 0 Å². The third kappa shape index (κ3) is 3.39. The van der Waals surface area contributed by atoms with Crippen LogP contribution >= 0.6 is 23.1 Å². The molecule has 1 aromatic carbocycles. The first kappa shape index (κ1) is 12.3.